The highest BCUT2D eigenvalue weighted by atomic mass is 16.7. The Labute approximate surface area is 237 Å². The zero-order valence-electron chi connectivity index (χ0n) is 22.6. The quantitative estimate of drug-likeness (QED) is 0.0895. The summed E-state index contributed by atoms with van der Waals surface area (Å²) >= 11 is 0. The fourth-order valence-corrected chi connectivity index (χ4v) is 3.48. The van der Waals surface area contributed by atoms with Crippen molar-refractivity contribution in [1.29, 1.82) is 0 Å². The summed E-state index contributed by atoms with van der Waals surface area (Å²) < 4.78 is 23.2. The number of benzene rings is 2. The third kappa shape index (κ3) is 10.6. The van der Waals surface area contributed by atoms with E-state index in [4.69, 9.17) is 24.1 Å². The van der Waals surface area contributed by atoms with Gasteiger partial charge in [-0.05, 0) is 47.5 Å². The molecule has 3 rings (SSSR count). The van der Waals surface area contributed by atoms with Gasteiger partial charge in [-0.1, -0.05) is 29.5 Å². The molecule has 3 aromatic rings. The van der Waals surface area contributed by atoms with Gasteiger partial charge >= 0.3 is 0 Å². The van der Waals surface area contributed by atoms with Crippen molar-refractivity contribution in [3.63, 3.8) is 0 Å². The van der Waals surface area contributed by atoms with Crippen LogP contribution in [0.1, 0.15) is 28.8 Å². The number of nitrogens with zero attached hydrogens (tertiary/aromatic N) is 3. The van der Waals surface area contributed by atoms with Crippen LogP contribution in [0.3, 0.4) is 0 Å². The average Bonchev–Trinajstić information content (AvgIpc) is 3.44. The van der Waals surface area contributed by atoms with E-state index in [2.05, 4.69) is 10.3 Å². The van der Waals surface area contributed by atoms with Crippen LogP contribution in [0.5, 0.6) is 17.2 Å². The molecule has 12 heteroatoms. The van der Waals surface area contributed by atoms with Crippen LogP contribution in [-0.2, 0) is 38.8 Å². The van der Waals surface area contributed by atoms with Gasteiger partial charge in [0.25, 0.3) is 0 Å². The minimum Gasteiger partial charge on any atom is -0.508 e. The number of allylic oxidation sites excluding steroid dienone is 2. The number of hydrogen-bond acceptors (Lipinski definition) is 11. The Bertz CT molecular complexity index is 1350. The molecule has 3 N–H and O–H groups in total. The summed E-state index contributed by atoms with van der Waals surface area (Å²) in [7, 11) is 1.50. The smallest absolute Gasteiger partial charge is 0.163 e. The van der Waals surface area contributed by atoms with Gasteiger partial charge in [0.15, 0.2) is 23.1 Å². The average molecular weight is 568 g/mol. The Morgan fingerprint density at radius 1 is 0.951 bits per heavy atom. The number of aliphatic hydroxyl groups is 2. The summed E-state index contributed by atoms with van der Waals surface area (Å²) in [6.07, 6.45) is 7.15. The lowest BCUT2D eigenvalue weighted by Crippen LogP contribution is -2.10. The monoisotopic (exact) mass is 567 g/mol. The Morgan fingerprint density at radius 2 is 1.66 bits per heavy atom. The number of aromatic hydroxyl groups is 1. The molecule has 0 amide bonds. The van der Waals surface area contributed by atoms with Crippen molar-refractivity contribution in [2.45, 2.75) is 26.2 Å². The lowest BCUT2D eigenvalue weighted by atomic mass is 10.1. The number of ketones is 2. The summed E-state index contributed by atoms with van der Waals surface area (Å²) in [6.45, 7) is 0.939. The first-order valence-electron chi connectivity index (χ1n) is 12.7. The molecule has 0 saturated heterocycles. The largest absolute Gasteiger partial charge is 0.508 e. The predicted octanol–water partition coefficient (Wildman–Crippen LogP) is 2.30. The van der Waals surface area contributed by atoms with E-state index in [1.54, 1.807) is 47.3 Å². The summed E-state index contributed by atoms with van der Waals surface area (Å²) in [5.41, 5.74) is 2.25. The van der Waals surface area contributed by atoms with Gasteiger partial charge in [-0.3, -0.25) is 9.59 Å². The topological polar surface area (TPSA) is 162 Å². The Kier molecular flexibility index (Phi) is 12.7. The van der Waals surface area contributed by atoms with Gasteiger partial charge < -0.3 is 34.3 Å². The Balaban J connectivity index is 1.47. The number of carbonyl (C=O) groups is 2. The molecule has 2 aromatic carbocycles. The number of hydrogen-bond donors (Lipinski definition) is 3. The van der Waals surface area contributed by atoms with Crippen LogP contribution < -0.4 is 9.47 Å². The number of aromatic nitrogens is 3. The lowest BCUT2D eigenvalue weighted by molar-refractivity contribution is -0.121. The highest BCUT2D eigenvalue weighted by molar-refractivity contribution is 6.10. The number of rotatable bonds is 18. The van der Waals surface area contributed by atoms with Crippen LogP contribution in [0.25, 0.3) is 12.2 Å². The van der Waals surface area contributed by atoms with E-state index in [1.165, 1.54) is 31.4 Å². The second-order valence-electron chi connectivity index (χ2n) is 8.65. The van der Waals surface area contributed by atoms with Gasteiger partial charge in [0, 0.05) is 5.56 Å². The first-order chi connectivity index (χ1) is 19.9. The van der Waals surface area contributed by atoms with Crippen molar-refractivity contribution in [2.24, 2.45) is 0 Å². The van der Waals surface area contributed by atoms with Gasteiger partial charge in [0.2, 0.25) is 0 Å². The van der Waals surface area contributed by atoms with E-state index in [-0.39, 0.29) is 57.0 Å². The maximum absolute atomic E-state index is 12.3. The molecule has 0 fully saturated rings. The predicted molar refractivity (Wildman–Crippen MR) is 148 cm³/mol. The van der Waals surface area contributed by atoms with Gasteiger partial charge in [-0.15, -0.1) is 5.10 Å². The van der Waals surface area contributed by atoms with E-state index < -0.39 is 0 Å². The number of aliphatic hydroxyl groups excluding tert-OH is 2. The molecule has 0 unspecified atom stereocenters. The molecule has 0 aliphatic rings. The Morgan fingerprint density at radius 3 is 2.37 bits per heavy atom. The van der Waals surface area contributed by atoms with Crippen LogP contribution in [-0.4, -0.2) is 75.6 Å². The van der Waals surface area contributed by atoms with E-state index in [0.29, 0.717) is 47.0 Å². The molecular formula is C29H33N3O9. The summed E-state index contributed by atoms with van der Waals surface area (Å²) in [5, 5.41) is 35.6. The van der Waals surface area contributed by atoms with Gasteiger partial charge in [0.05, 0.1) is 52.7 Å². The zero-order valence-corrected chi connectivity index (χ0v) is 22.6. The van der Waals surface area contributed by atoms with Crippen LogP contribution in [0.4, 0.5) is 0 Å². The molecule has 218 valence electrons. The van der Waals surface area contributed by atoms with Crippen molar-refractivity contribution < 1.29 is 43.9 Å². The molecule has 1 aromatic heterocycles. The molecule has 12 nitrogen and oxygen atoms in total. The summed E-state index contributed by atoms with van der Waals surface area (Å²) in [4.78, 5) is 24.5. The third-order valence-electron chi connectivity index (χ3n) is 5.56. The second-order valence-corrected chi connectivity index (χ2v) is 8.65. The van der Waals surface area contributed by atoms with E-state index in [1.807, 2.05) is 0 Å². The molecule has 0 bridgehead atoms. The van der Waals surface area contributed by atoms with E-state index in [0.717, 1.165) is 0 Å². The first-order valence-corrected chi connectivity index (χ1v) is 12.7. The SMILES string of the molecule is COc1cc(/C=C/C(=O)CC(=O)/C=C/c2ccc(O)c(CO)c2)ccc1OCc1cn(CCOCOCCO)nn1. The Hall–Kier alpha value is -4.36. The molecule has 41 heavy (non-hydrogen) atoms. The minimum atomic E-state index is -0.379. The van der Waals surface area contributed by atoms with Crippen LogP contribution in [0.15, 0.2) is 54.7 Å². The number of ether oxygens (including phenoxy) is 4. The minimum absolute atomic E-state index is 0.0300. The first kappa shape index (κ1) is 31.2. The molecule has 0 atom stereocenters. The van der Waals surface area contributed by atoms with Crippen LogP contribution >= 0.6 is 0 Å². The number of methoxy groups -OCH3 is 1. The van der Waals surface area contributed by atoms with Crippen molar-refractivity contribution in [3.05, 3.63) is 77.1 Å². The van der Waals surface area contributed by atoms with E-state index in [9.17, 15) is 19.8 Å². The van der Waals surface area contributed by atoms with Gasteiger partial charge in [-0.2, -0.15) is 0 Å². The normalized spacial score (nSPS) is 11.4. The second kappa shape index (κ2) is 16.7. The van der Waals surface area contributed by atoms with Crippen LogP contribution in [0.2, 0.25) is 0 Å². The maximum atomic E-state index is 12.3. The van der Waals surface area contributed by atoms with Crippen molar-refractivity contribution in [2.75, 3.05) is 33.7 Å². The zero-order chi connectivity index (χ0) is 29.5. The van der Waals surface area contributed by atoms with Gasteiger partial charge in [-0.25, -0.2) is 4.68 Å². The number of carbonyl (C=O) groups excluding carboxylic acids is 2. The molecule has 0 aliphatic heterocycles. The van der Waals surface area contributed by atoms with Gasteiger partial charge in [0.1, 0.15) is 24.8 Å². The summed E-state index contributed by atoms with van der Waals surface area (Å²) in [5.74, 6) is 0.160. The fourth-order valence-electron chi connectivity index (χ4n) is 3.48. The van der Waals surface area contributed by atoms with Crippen molar-refractivity contribution in [3.8, 4) is 17.2 Å². The van der Waals surface area contributed by atoms with Crippen molar-refractivity contribution >= 4 is 23.7 Å². The molecule has 1 heterocycles. The molecule has 0 aliphatic carbocycles. The highest BCUT2D eigenvalue weighted by Gasteiger charge is 2.09. The van der Waals surface area contributed by atoms with E-state index >= 15 is 0 Å². The molecule has 0 spiro atoms. The van der Waals surface area contributed by atoms with Crippen molar-refractivity contribution in [1.82, 2.24) is 15.0 Å². The molecular weight excluding hydrogens is 534 g/mol. The lowest BCUT2D eigenvalue weighted by Gasteiger charge is -2.10. The fraction of sp³-hybridized carbons (Fsp3) is 0.310. The molecule has 0 radical (unpaired) electrons. The maximum Gasteiger partial charge on any atom is 0.163 e. The molecule has 0 saturated carbocycles. The van der Waals surface area contributed by atoms with Crippen LogP contribution in [0, 0.1) is 0 Å². The number of phenols is 1. The summed E-state index contributed by atoms with van der Waals surface area (Å²) in [6, 6.07) is 9.75. The highest BCUT2D eigenvalue weighted by Crippen LogP contribution is 2.29. The standard InChI is InChI=1S/C29H33N3O9/c1-38-29-15-22(3-7-26(36)16-25(35)6-2-21-4-8-27(37)23(14-21)18-34)5-9-28(29)41-19-24-17-32(31-30-24)10-12-39-20-40-13-11-33/h2-9,14-15,17,33-34,37H,10-13,16,18-20H2,1H3/b6-2+,7-3+. The third-order valence-corrected chi connectivity index (χ3v) is 5.56.